The number of pyridine rings is 1. The van der Waals surface area contributed by atoms with Crippen LogP contribution in [0.3, 0.4) is 0 Å². The number of benzene rings is 2. The number of aromatic nitrogens is 1. The molecule has 0 aliphatic carbocycles. The molecular formula is C24H22N2O3. The van der Waals surface area contributed by atoms with E-state index in [-0.39, 0.29) is 5.91 Å². The van der Waals surface area contributed by atoms with Gasteiger partial charge < -0.3 is 14.8 Å². The minimum Gasteiger partial charge on any atom is -0.493 e. The van der Waals surface area contributed by atoms with E-state index in [4.69, 9.17) is 9.47 Å². The second kappa shape index (κ2) is 9.06. The fourth-order valence-corrected chi connectivity index (χ4v) is 3.12. The summed E-state index contributed by atoms with van der Waals surface area (Å²) in [6.45, 7) is 1.57. The Bertz CT molecular complexity index is 1020. The highest BCUT2D eigenvalue weighted by atomic mass is 16.5. The third-order valence-electron chi connectivity index (χ3n) is 4.62. The minimum atomic E-state index is -0.137. The van der Waals surface area contributed by atoms with Crippen LogP contribution in [-0.4, -0.2) is 17.5 Å². The molecule has 2 heterocycles. The van der Waals surface area contributed by atoms with Gasteiger partial charge in [0.15, 0.2) is 0 Å². The molecule has 0 radical (unpaired) electrons. The molecule has 29 heavy (non-hydrogen) atoms. The molecule has 0 saturated heterocycles. The lowest BCUT2D eigenvalue weighted by Crippen LogP contribution is -2.20. The second-order valence-corrected chi connectivity index (χ2v) is 6.77. The second-order valence-electron chi connectivity index (χ2n) is 6.77. The van der Waals surface area contributed by atoms with Crippen LogP contribution in [-0.2, 0) is 24.4 Å². The van der Waals surface area contributed by atoms with Gasteiger partial charge >= 0.3 is 0 Å². The van der Waals surface area contributed by atoms with Gasteiger partial charge in [0.25, 0.3) is 0 Å². The molecule has 1 aromatic heterocycles. The third-order valence-corrected chi connectivity index (χ3v) is 4.62. The zero-order valence-electron chi connectivity index (χ0n) is 16.0. The van der Waals surface area contributed by atoms with Crippen molar-refractivity contribution in [2.45, 2.75) is 19.6 Å². The normalized spacial score (nSPS) is 12.4. The maximum atomic E-state index is 12.2. The number of ether oxygens (including phenoxy) is 2. The molecule has 0 fully saturated rings. The van der Waals surface area contributed by atoms with E-state index >= 15 is 0 Å². The Morgan fingerprint density at radius 3 is 3.00 bits per heavy atom. The number of nitrogens with one attached hydrogen (secondary N) is 1. The predicted molar refractivity (Wildman–Crippen MR) is 112 cm³/mol. The molecule has 1 aliphatic rings. The van der Waals surface area contributed by atoms with Gasteiger partial charge in [-0.1, -0.05) is 24.3 Å². The van der Waals surface area contributed by atoms with Crippen molar-refractivity contribution in [2.75, 3.05) is 6.61 Å². The summed E-state index contributed by atoms with van der Waals surface area (Å²) in [6, 6.07) is 19.4. The van der Waals surface area contributed by atoms with E-state index in [1.54, 1.807) is 12.3 Å². The van der Waals surface area contributed by atoms with Crippen molar-refractivity contribution < 1.29 is 14.3 Å². The Balaban J connectivity index is 1.29. The molecule has 0 atom stereocenters. The Morgan fingerprint density at radius 2 is 2.10 bits per heavy atom. The molecule has 4 rings (SSSR count). The molecule has 146 valence electrons. The molecule has 5 nitrogen and oxygen atoms in total. The fraction of sp³-hybridized carbons (Fsp3) is 0.167. The monoisotopic (exact) mass is 386 g/mol. The summed E-state index contributed by atoms with van der Waals surface area (Å²) < 4.78 is 11.3. The van der Waals surface area contributed by atoms with Gasteiger partial charge in [-0.15, -0.1) is 0 Å². The van der Waals surface area contributed by atoms with E-state index in [0.29, 0.717) is 13.2 Å². The van der Waals surface area contributed by atoms with E-state index in [2.05, 4.69) is 16.4 Å². The molecule has 0 saturated carbocycles. The first-order chi connectivity index (χ1) is 14.3. The first-order valence-corrected chi connectivity index (χ1v) is 9.59. The summed E-state index contributed by atoms with van der Waals surface area (Å²) in [6.07, 6.45) is 6.04. The smallest absolute Gasteiger partial charge is 0.244 e. The van der Waals surface area contributed by atoms with Crippen LogP contribution in [0.2, 0.25) is 0 Å². The number of rotatable bonds is 7. The fourth-order valence-electron chi connectivity index (χ4n) is 3.12. The lowest BCUT2D eigenvalue weighted by atomic mass is 10.1. The summed E-state index contributed by atoms with van der Waals surface area (Å²) in [4.78, 5) is 16.4. The number of hydrogen-bond acceptors (Lipinski definition) is 4. The zero-order chi connectivity index (χ0) is 19.9. The lowest BCUT2D eigenvalue weighted by molar-refractivity contribution is -0.116. The van der Waals surface area contributed by atoms with Crippen molar-refractivity contribution in [3.63, 3.8) is 0 Å². The number of fused-ring (bicyclic) bond motifs is 1. The highest BCUT2D eigenvalue weighted by Gasteiger charge is 2.11. The molecule has 1 aliphatic heterocycles. The first kappa shape index (κ1) is 18.7. The Hall–Kier alpha value is -3.60. The van der Waals surface area contributed by atoms with Crippen LogP contribution < -0.4 is 14.8 Å². The van der Waals surface area contributed by atoms with Gasteiger partial charge in [0.2, 0.25) is 5.91 Å². The molecule has 1 N–H and O–H groups in total. The van der Waals surface area contributed by atoms with Gasteiger partial charge in [0.1, 0.15) is 18.1 Å². The van der Waals surface area contributed by atoms with Gasteiger partial charge in [0.05, 0.1) is 12.3 Å². The Labute approximate surface area is 170 Å². The van der Waals surface area contributed by atoms with Crippen molar-refractivity contribution in [2.24, 2.45) is 0 Å². The van der Waals surface area contributed by atoms with Crippen LogP contribution in [0.15, 0.2) is 72.9 Å². The largest absolute Gasteiger partial charge is 0.493 e. The number of nitrogens with zero attached hydrogens (tertiary/aromatic N) is 1. The standard InChI is InChI=1S/C24H22N2O3/c27-24(10-8-18-7-9-23-20(14-18)11-13-28-23)26-16-19-4-3-6-22(15-19)29-17-21-5-1-2-12-25-21/h1-10,12,14-15H,11,13,16-17H2,(H,26,27)/b10-8+. The number of hydrogen-bond donors (Lipinski definition) is 1. The molecule has 0 spiro atoms. The van der Waals surface area contributed by atoms with E-state index < -0.39 is 0 Å². The maximum absolute atomic E-state index is 12.2. The number of carbonyl (C=O) groups is 1. The first-order valence-electron chi connectivity index (χ1n) is 9.59. The van der Waals surface area contributed by atoms with Gasteiger partial charge in [-0.2, -0.15) is 0 Å². The van der Waals surface area contributed by atoms with Crippen LogP contribution in [0.5, 0.6) is 11.5 Å². The Morgan fingerprint density at radius 1 is 1.14 bits per heavy atom. The molecule has 0 bridgehead atoms. The summed E-state index contributed by atoms with van der Waals surface area (Å²) in [7, 11) is 0. The average Bonchev–Trinajstić information content (AvgIpc) is 3.24. The average molecular weight is 386 g/mol. The summed E-state index contributed by atoms with van der Waals surface area (Å²) in [5, 5.41) is 2.90. The quantitative estimate of drug-likeness (QED) is 0.625. The van der Waals surface area contributed by atoms with E-state index in [1.807, 2.05) is 60.7 Å². The van der Waals surface area contributed by atoms with Crippen LogP contribution >= 0.6 is 0 Å². The van der Waals surface area contributed by atoms with Gasteiger partial charge in [0, 0.05) is 25.2 Å². The van der Waals surface area contributed by atoms with Gasteiger partial charge in [-0.3, -0.25) is 9.78 Å². The zero-order valence-corrected chi connectivity index (χ0v) is 16.0. The summed E-state index contributed by atoms with van der Waals surface area (Å²) in [5.74, 6) is 1.55. The SMILES string of the molecule is O=C(/C=C/c1ccc2c(c1)CCO2)NCc1cccc(OCc2ccccn2)c1. The van der Waals surface area contributed by atoms with Crippen LogP contribution in [0.25, 0.3) is 6.08 Å². The van der Waals surface area contributed by atoms with Gasteiger partial charge in [-0.05, 0) is 59.2 Å². The topological polar surface area (TPSA) is 60.5 Å². The molecule has 3 aromatic rings. The lowest BCUT2D eigenvalue weighted by Gasteiger charge is -2.08. The van der Waals surface area contributed by atoms with E-state index in [0.717, 1.165) is 41.3 Å². The van der Waals surface area contributed by atoms with Crippen LogP contribution in [0.1, 0.15) is 22.4 Å². The van der Waals surface area contributed by atoms with Crippen molar-refractivity contribution in [3.05, 3.63) is 95.3 Å². The van der Waals surface area contributed by atoms with Gasteiger partial charge in [-0.25, -0.2) is 0 Å². The highest BCUT2D eigenvalue weighted by Crippen LogP contribution is 2.26. The number of amides is 1. The van der Waals surface area contributed by atoms with Crippen molar-refractivity contribution >= 4 is 12.0 Å². The highest BCUT2D eigenvalue weighted by molar-refractivity contribution is 5.91. The maximum Gasteiger partial charge on any atom is 0.244 e. The predicted octanol–water partition coefficient (Wildman–Crippen LogP) is 3.93. The molecule has 0 unspecified atom stereocenters. The van der Waals surface area contributed by atoms with E-state index in [1.165, 1.54) is 5.56 Å². The van der Waals surface area contributed by atoms with Crippen molar-refractivity contribution in [1.29, 1.82) is 0 Å². The molecule has 2 aromatic carbocycles. The Kier molecular flexibility index (Phi) is 5.86. The molecule has 5 heteroatoms. The summed E-state index contributed by atoms with van der Waals surface area (Å²) in [5.41, 5.74) is 4.03. The minimum absolute atomic E-state index is 0.137. The van der Waals surface area contributed by atoms with Crippen LogP contribution in [0.4, 0.5) is 0 Å². The molecule has 1 amide bonds. The van der Waals surface area contributed by atoms with Crippen molar-refractivity contribution in [1.82, 2.24) is 10.3 Å². The van der Waals surface area contributed by atoms with E-state index in [9.17, 15) is 4.79 Å². The molecular weight excluding hydrogens is 364 g/mol. The summed E-state index contributed by atoms with van der Waals surface area (Å²) >= 11 is 0. The number of carbonyl (C=O) groups excluding carboxylic acids is 1. The van der Waals surface area contributed by atoms with Crippen molar-refractivity contribution in [3.8, 4) is 11.5 Å². The third kappa shape index (κ3) is 5.23. The van der Waals surface area contributed by atoms with Crippen LogP contribution in [0, 0.1) is 0 Å².